The highest BCUT2D eigenvalue weighted by molar-refractivity contribution is 5.87. The smallest absolute Gasteiger partial charge is 0.307 e. The van der Waals surface area contributed by atoms with Crippen molar-refractivity contribution in [3.63, 3.8) is 0 Å². The summed E-state index contributed by atoms with van der Waals surface area (Å²) in [6.45, 7) is 2.56. The van der Waals surface area contributed by atoms with E-state index in [1.807, 2.05) is 6.92 Å². The molecule has 0 spiro atoms. The summed E-state index contributed by atoms with van der Waals surface area (Å²) in [5.74, 6) is -0.509. The lowest BCUT2D eigenvalue weighted by molar-refractivity contribution is -0.143. The Kier molecular flexibility index (Phi) is 3.25. The first-order valence-corrected chi connectivity index (χ1v) is 4.24. The van der Waals surface area contributed by atoms with Crippen molar-refractivity contribution in [3.05, 3.63) is 0 Å². The fourth-order valence-electron chi connectivity index (χ4n) is 1.26. The Morgan fingerprint density at radius 1 is 1.69 bits per heavy atom. The number of nitrogens with one attached hydrogen (secondary N) is 2. The molecule has 0 aromatic carbocycles. The van der Waals surface area contributed by atoms with Gasteiger partial charge in [-0.05, 0) is 6.92 Å². The van der Waals surface area contributed by atoms with Crippen molar-refractivity contribution in [1.29, 1.82) is 0 Å². The van der Waals surface area contributed by atoms with Gasteiger partial charge >= 0.3 is 5.97 Å². The fraction of sp³-hybridized carbons (Fsp3) is 0.750. The van der Waals surface area contributed by atoms with E-state index < -0.39 is 6.04 Å². The van der Waals surface area contributed by atoms with Crippen LogP contribution in [0.25, 0.3) is 0 Å². The summed E-state index contributed by atoms with van der Waals surface area (Å²) in [6.07, 6.45) is 0.0900. The van der Waals surface area contributed by atoms with Crippen molar-refractivity contribution in [1.82, 2.24) is 10.6 Å². The van der Waals surface area contributed by atoms with E-state index in [0.29, 0.717) is 6.54 Å². The van der Waals surface area contributed by atoms with Gasteiger partial charge in [0.25, 0.3) is 0 Å². The van der Waals surface area contributed by atoms with E-state index in [4.69, 9.17) is 0 Å². The highest BCUT2D eigenvalue weighted by atomic mass is 16.5. The minimum atomic E-state index is -0.448. The predicted molar refractivity (Wildman–Crippen MR) is 46.0 cm³/mol. The van der Waals surface area contributed by atoms with Gasteiger partial charge in [0.1, 0.15) is 0 Å². The van der Waals surface area contributed by atoms with Gasteiger partial charge in [-0.2, -0.15) is 0 Å². The largest absolute Gasteiger partial charge is 0.469 e. The number of methoxy groups -OCH3 is 1. The van der Waals surface area contributed by atoms with E-state index in [2.05, 4.69) is 15.4 Å². The average molecular weight is 186 g/mol. The highest BCUT2D eigenvalue weighted by Crippen LogP contribution is 2.01. The van der Waals surface area contributed by atoms with Gasteiger partial charge in [-0.15, -0.1) is 0 Å². The number of amides is 1. The predicted octanol–water partition coefficient (Wildman–Crippen LogP) is -0.974. The summed E-state index contributed by atoms with van der Waals surface area (Å²) in [7, 11) is 1.31. The van der Waals surface area contributed by atoms with Crippen LogP contribution in [-0.4, -0.2) is 37.6 Å². The second-order valence-corrected chi connectivity index (χ2v) is 3.15. The maximum absolute atomic E-state index is 11.2. The molecule has 2 atom stereocenters. The normalized spacial score (nSPS) is 28.0. The van der Waals surface area contributed by atoms with E-state index in [1.165, 1.54) is 7.11 Å². The first-order valence-electron chi connectivity index (χ1n) is 4.24. The Bertz CT molecular complexity index is 217. The van der Waals surface area contributed by atoms with E-state index in [0.717, 1.165) is 0 Å². The van der Waals surface area contributed by atoms with Crippen LogP contribution in [0.2, 0.25) is 0 Å². The molecule has 0 bridgehead atoms. The number of carbonyl (C=O) groups is 2. The van der Waals surface area contributed by atoms with E-state index >= 15 is 0 Å². The molecular formula is C8H14N2O3. The Balaban J connectivity index is 2.46. The Hall–Kier alpha value is -1.10. The third-order valence-electron chi connectivity index (χ3n) is 1.98. The third kappa shape index (κ3) is 2.69. The molecule has 1 saturated heterocycles. The molecule has 1 aliphatic heterocycles. The molecular weight excluding hydrogens is 172 g/mol. The molecule has 1 amide bonds. The topological polar surface area (TPSA) is 67.4 Å². The monoisotopic (exact) mass is 186 g/mol. The standard InChI is InChI=1S/C8H14N2O3/c1-5-4-9-8(12)6(10-5)3-7(11)13-2/h5-6,10H,3-4H2,1-2H3,(H,9,12). The number of rotatable bonds is 2. The van der Waals surface area contributed by atoms with E-state index in [-0.39, 0.29) is 24.3 Å². The zero-order valence-corrected chi connectivity index (χ0v) is 7.79. The van der Waals surface area contributed by atoms with Gasteiger partial charge in [0.05, 0.1) is 19.6 Å². The first-order chi connectivity index (χ1) is 6.13. The molecule has 13 heavy (non-hydrogen) atoms. The second kappa shape index (κ2) is 4.23. The van der Waals surface area contributed by atoms with Gasteiger partial charge in [0.2, 0.25) is 5.91 Å². The Morgan fingerprint density at radius 2 is 2.38 bits per heavy atom. The molecule has 5 nitrogen and oxygen atoms in total. The Labute approximate surface area is 76.8 Å². The van der Waals surface area contributed by atoms with Crippen LogP contribution in [0.3, 0.4) is 0 Å². The molecule has 0 aromatic rings. The third-order valence-corrected chi connectivity index (χ3v) is 1.98. The summed E-state index contributed by atoms with van der Waals surface area (Å²) in [5.41, 5.74) is 0. The van der Waals surface area contributed by atoms with E-state index in [9.17, 15) is 9.59 Å². The van der Waals surface area contributed by atoms with Crippen molar-refractivity contribution in [2.45, 2.75) is 25.4 Å². The van der Waals surface area contributed by atoms with Crippen LogP contribution in [0, 0.1) is 0 Å². The minimum Gasteiger partial charge on any atom is -0.469 e. The van der Waals surface area contributed by atoms with Crippen LogP contribution in [0.4, 0.5) is 0 Å². The lowest BCUT2D eigenvalue weighted by atomic mass is 10.1. The molecule has 0 radical (unpaired) electrons. The van der Waals surface area contributed by atoms with Crippen molar-refractivity contribution in [2.24, 2.45) is 0 Å². The SMILES string of the molecule is COC(=O)CC1NC(C)CNC1=O. The van der Waals surface area contributed by atoms with Crippen molar-refractivity contribution < 1.29 is 14.3 Å². The number of hydrogen-bond donors (Lipinski definition) is 2. The second-order valence-electron chi connectivity index (χ2n) is 3.15. The molecule has 5 heteroatoms. The van der Waals surface area contributed by atoms with E-state index in [1.54, 1.807) is 0 Å². The molecule has 1 heterocycles. The van der Waals surface area contributed by atoms with Gasteiger partial charge in [0, 0.05) is 12.6 Å². The summed E-state index contributed by atoms with van der Waals surface area (Å²) in [6, 6.07) is -0.247. The molecule has 2 unspecified atom stereocenters. The van der Waals surface area contributed by atoms with Crippen LogP contribution in [0.15, 0.2) is 0 Å². The van der Waals surface area contributed by atoms with Crippen molar-refractivity contribution in [2.75, 3.05) is 13.7 Å². The lowest BCUT2D eigenvalue weighted by Crippen LogP contribution is -2.57. The average Bonchev–Trinajstić information content (AvgIpc) is 2.11. The zero-order chi connectivity index (χ0) is 9.84. The summed E-state index contributed by atoms with van der Waals surface area (Å²) < 4.78 is 4.48. The maximum atomic E-state index is 11.2. The van der Waals surface area contributed by atoms with Crippen molar-refractivity contribution in [3.8, 4) is 0 Å². The number of ether oxygens (including phenoxy) is 1. The summed E-state index contributed by atoms with van der Waals surface area (Å²) in [4.78, 5) is 22.1. The van der Waals surface area contributed by atoms with Crippen LogP contribution < -0.4 is 10.6 Å². The molecule has 74 valence electrons. The number of esters is 1. The molecule has 0 aliphatic carbocycles. The maximum Gasteiger partial charge on any atom is 0.307 e. The quantitative estimate of drug-likeness (QED) is 0.544. The molecule has 1 fully saturated rings. The first kappa shape index (κ1) is 9.98. The molecule has 1 aliphatic rings. The van der Waals surface area contributed by atoms with Crippen LogP contribution in [-0.2, 0) is 14.3 Å². The summed E-state index contributed by atoms with van der Waals surface area (Å²) >= 11 is 0. The van der Waals surface area contributed by atoms with Crippen LogP contribution in [0.5, 0.6) is 0 Å². The van der Waals surface area contributed by atoms with Crippen LogP contribution in [0.1, 0.15) is 13.3 Å². The highest BCUT2D eigenvalue weighted by Gasteiger charge is 2.27. The zero-order valence-electron chi connectivity index (χ0n) is 7.79. The van der Waals surface area contributed by atoms with Gasteiger partial charge in [0.15, 0.2) is 0 Å². The van der Waals surface area contributed by atoms with Crippen LogP contribution >= 0.6 is 0 Å². The van der Waals surface area contributed by atoms with Gasteiger partial charge in [-0.25, -0.2) is 0 Å². The number of piperazine rings is 1. The van der Waals surface area contributed by atoms with Gasteiger partial charge in [-0.3, -0.25) is 9.59 Å². The molecule has 0 saturated carbocycles. The molecule has 1 rings (SSSR count). The lowest BCUT2D eigenvalue weighted by Gasteiger charge is -2.27. The number of carbonyl (C=O) groups excluding carboxylic acids is 2. The molecule has 2 N–H and O–H groups in total. The van der Waals surface area contributed by atoms with Gasteiger partial charge in [-0.1, -0.05) is 0 Å². The van der Waals surface area contributed by atoms with Crippen molar-refractivity contribution >= 4 is 11.9 Å². The minimum absolute atomic E-state index is 0.0900. The Morgan fingerprint density at radius 3 is 3.00 bits per heavy atom. The van der Waals surface area contributed by atoms with Gasteiger partial charge < -0.3 is 15.4 Å². The summed E-state index contributed by atoms with van der Waals surface area (Å²) in [5, 5.41) is 5.72. The fourth-order valence-corrected chi connectivity index (χ4v) is 1.26. The number of hydrogen-bond acceptors (Lipinski definition) is 4. The molecule has 0 aromatic heterocycles.